The van der Waals surface area contributed by atoms with E-state index in [0.29, 0.717) is 0 Å². The lowest BCUT2D eigenvalue weighted by Crippen LogP contribution is -2.32. The van der Waals surface area contributed by atoms with Crippen LogP contribution in [0.5, 0.6) is 0 Å². The lowest BCUT2D eigenvalue weighted by Gasteiger charge is -2.14. The lowest BCUT2D eigenvalue weighted by atomic mass is 10.7. The predicted molar refractivity (Wildman–Crippen MR) is 18.1 cm³/mol. The molecule has 1 nitrogen and oxygen atoms in total. The van der Waals surface area contributed by atoms with E-state index in [1.165, 1.54) is 0 Å². The number of halogens is 7. The van der Waals surface area contributed by atoms with E-state index in [0.717, 1.165) is 0 Å². The maximum absolute atomic E-state index is 11.3. The van der Waals surface area contributed by atoms with Gasteiger partial charge < -0.3 is 0 Å². The highest BCUT2D eigenvalue weighted by Gasteiger charge is 2.48. The number of alkyl halides is 7. The second kappa shape index (κ2) is 2.84. The van der Waals surface area contributed by atoms with E-state index >= 15 is 0 Å². The first-order valence-electron chi connectivity index (χ1n) is 2.08. The smallest absolute Gasteiger partial charge is 0.247 e. The normalized spacial score (nSPS) is 16.6. The van der Waals surface area contributed by atoms with Crippen LogP contribution >= 0.6 is 0 Å². The molecule has 0 aromatic heterocycles. The topological polar surface area (TPSA) is 9.23 Å². The summed E-state index contributed by atoms with van der Waals surface area (Å²) in [5.74, 6) is 0. The Kier molecular flexibility index (Phi) is 2.70. The molecule has 1 atom stereocenters. The van der Waals surface area contributed by atoms with E-state index in [4.69, 9.17) is 0 Å². The van der Waals surface area contributed by atoms with Crippen LogP contribution in [0.1, 0.15) is 0 Å². The van der Waals surface area contributed by atoms with Crippen molar-refractivity contribution in [1.82, 2.24) is 0 Å². The van der Waals surface area contributed by atoms with E-state index in [1.54, 1.807) is 0 Å². The van der Waals surface area contributed by atoms with Crippen molar-refractivity contribution in [3.8, 4) is 0 Å². The van der Waals surface area contributed by atoms with Gasteiger partial charge >= 0.3 is 18.9 Å². The van der Waals surface area contributed by atoms with Crippen molar-refractivity contribution in [1.29, 1.82) is 0 Å². The highest BCUT2D eigenvalue weighted by molar-refractivity contribution is 4.53. The van der Waals surface area contributed by atoms with Gasteiger partial charge in [0.15, 0.2) is 0 Å². The van der Waals surface area contributed by atoms with Gasteiger partial charge in [0.1, 0.15) is 0 Å². The van der Waals surface area contributed by atoms with Gasteiger partial charge in [-0.25, -0.2) is 9.13 Å². The Morgan fingerprint density at radius 1 is 0.909 bits per heavy atom. The van der Waals surface area contributed by atoms with E-state index in [1.807, 2.05) is 4.74 Å². The summed E-state index contributed by atoms with van der Waals surface area (Å²) in [5, 5.41) is 0. The van der Waals surface area contributed by atoms with Gasteiger partial charge in [0.25, 0.3) is 0 Å². The molecular weight excluding hydrogens is 185 g/mol. The van der Waals surface area contributed by atoms with Gasteiger partial charge in [-0.05, 0) is 0 Å². The van der Waals surface area contributed by atoms with Crippen LogP contribution in [-0.2, 0) is 4.74 Å². The molecule has 0 saturated carbocycles. The molecule has 0 radical (unpaired) electrons. The van der Waals surface area contributed by atoms with Gasteiger partial charge in [0.05, 0.1) is 0 Å². The fourth-order valence-electron chi connectivity index (χ4n) is 0.184. The summed E-state index contributed by atoms with van der Waals surface area (Å²) in [7, 11) is 0. The zero-order chi connectivity index (χ0) is 9.28. The van der Waals surface area contributed by atoms with Gasteiger partial charge in [-0.3, -0.25) is 0 Å². The van der Waals surface area contributed by atoms with Crippen LogP contribution in [0.15, 0.2) is 0 Å². The monoisotopic (exact) mass is 186 g/mol. The molecule has 0 aromatic rings. The number of ether oxygens (including phenoxy) is 1. The first-order valence-corrected chi connectivity index (χ1v) is 2.08. The first kappa shape index (κ1) is 10.5. The minimum absolute atomic E-state index is 2.01. The quantitative estimate of drug-likeness (QED) is 0.571. The average Bonchev–Trinajstić information content (AvgIpc) is 1.56. The zero-order valence-corrected chi connectivity index (χ0v) is 4.63. The van der Waals surface area contributed by atoms with Gasteiger partial charge in [-0.1, -0.05) is 0 Å². The molecule has 0 aliphatic heterocycles. The van der Waals surface area contributed by atoms with Crippen molar-refractivity contribution in [2.75, 3.05) is 0 Å². The second-order valence-corrected chi connectivity index (χ2v) is 1.42. The third-order valence-corrected chi connectivity index (χ3v) is 0.494. The fourth-order valence-corrected chi connectivity index (χ4v) is 0.184. The van der Waals surface area contributed by atoms with E-state index in [2.05, 4.69) is 0 Å². The molecule has 0 N–H and O–H groups in total. The van der Waals surface area contributed by atoms with Crippen molar-refractivity contribution in [3.63, 3.8) is 0 Å². The molecule has 0 amide bonds. The summed E-state index contributed by atoms with van der Waals surface area (Å²) >= 11 is 0. The number of rotatable bonds is 1. The summed E-state index contributed by atoms with van der Waals surface area (Å²) in [6.45, 7) is 0. The van der Waals surface area contributed by atoms with Crippen molar-refractivity contribution in [2.45, 2.75) is 18.9 Å². The first-order chi connectivity index (χ1) is 4.63. The lowest BCUT2D eigenvalue weighted by molar-refractivity contribution is -0.403. The van der Waals surface area contributed by atoms with Gasteiger partial charge in [-0.2, -0.15) is 13.2 Å². The molecule has 0 heterocycles. The third kappa shape index (κ3) is 4.82. The van der Waals surface area contributed by atoms with Crippen LogP contribution in [0.4, 0.5) is 30.7 Å². The standard InChI is InChI=1S/C3HF7O/c4-1(2(5,6)7)11-3(8,9)10/h1H/t1-/m0/s1. The predicted octanol–water partition coefficient (Wildman–Crippen LogP) is 2.38. The van der Waals surface area contributed by atoms with Crippen molar-refractivity contribution >= 4 is 0 Å². The molecule has 0 bridgehead atoms. The van der Waals surface area contributed by atoms with Crippen LogP contribution in [-0.4, -0.2) is 18.9 Å². The molecular formula is C3HF7O. The Hall–Kier alpha value is -0.530. The largest absolute Gasteiger partial charge is 0.525 e. The zero-order valence-electron chi connectivity index (χ0n) is 4.63. The summed E-state index contributed by atoms with van der Waals surface area (Å²) in [6.07, 6.45) is -15.6. The Bertz CT molecular complexity index is 123. The van der Waals surface area contributed by atoms with Crippen LogP contribution < -0.4 is 0 Å². The molecule has 8 heteroatoms. The Morgan fingerprint density at radius 3 is 1.36 bits per heavy atom. The summed E-state index contributed by atoms with van der Waals surface area (Å²) in [6, 6.07) is 0. The Labute approximate surface area is 55.7 Å². The van der Waals surface area contributed by atoms with Crippen molar-refractivity contribution in [2.24, 2.45) is 0 Å². The molecule has 0 unspecified atom stereocenters. The van der Waals surface area contributed by atoms with Crippen molar-refractivity contribution < 1.29 is 35.5 Å². The summed E-state index contributed by atoms with van der Waals surface area (Å²) in [4.78, 5) is 0. The fraction of sp³-hybridized carbons (Fsp3) is 1.00. The number of hydrogen-bond acceptors (Lipinski definition) is 1. The maximum atomic E-state index is 11.3. The summed E-state index contributed by atoms with van der Waals surface area (Å²) in [5.41, 5.74) is 0. The van der Waals surface area contributed by atoms with Gasteiger partial charge in [0.2, 0.25) is 0 Å². The minimum Gasteiger partial charge on any atom is -0.247 e. The Morgan fingerprint density at radius 2 is 1.27 bits per heavy atom. The molecule has 0 saturated heterocycles. The molecule has 11 heavy (non-hydrogen) atoms. The van der Waals surface area contributed by atoms with Crippen LogP contribution in [0.2, 0.25) is 0 Å². The molecule has 0 aliphatic carbocycles. The molecule has 0 fully saturated rings. The van der Waals surface area contributed by atoms with Gasteiger partial charge in [0, 0.05) is 0 Å². The van der Waals surface area contributed by atoms with Crippen LogP contribution in [0, 0.1) is 0 Å². The molecule has 68 valence electrons. The van der Waals surface area contributed by atoms with E-state index in [-0.39, 0.29) is 0 Å². The molecule has 0 rings (SSSR count). The van der Waals surface area contributed by atoms with E-state index in [9.17, 15) is 30.7 Å². The average molecular weight is 186 g/mol. The summed E-state index contributed by atoms with van der Waals surface area (Å²) < 4.78 is 78.9. The highest BCUT2D eigenvalue weighted by Crippen LogP contribution is 2.29. The highest BCUT2D eigenvalue weighted by atomic mass is 19.4. The Balaban J connectivity index is 3.99. The van der Waals surface area contributed by atoms with Gasteiger partial charge in [-0.15, -0.1) is 13.2 Å². The van der Waals surface area contributed by atoms with E-state index < -0.39 is 18.9 Å². The molecule has 0 aromatic carbocycles. The molecule has 0 aliphatic rings. The third-order valence-electron chi connectivity index (χ3n) is 0.494. The minimum atomic E-state index is -5.64. The SMILES string of the molecule is F[C@@H](OC(F)(F)F)C(F)(F)F. The van der Waals surface area contributed by atoms with Crippen LogP contribution in [0.25, 0.3) is 0 Å². The number of hydrogen-bond donors (Lipinski definition) is 0. The second-order valence-electron chi connectivity index (χ2n) is 1.42. The van der Waals surface area contributed by atoms with Crippen LogP contribution in [0.3, 0.4) is 0 Å². The molecule has 0 spiro atoms. The maximum Gasteiger partial charge on any atom is 0.525 e. The van der Waals surface area contributed by atoms with Crippen molar-refractivity contribution in [3.05, 3.63) is 0 Å².